The quantitative estimate of drug-likeness (QED) is 0.565. The zero-order chi connectivity index (χ0) is 7.84. The summed E-state index contributed by atoms with van der Waals surface area (Å²) in [5.41, 5.74) is 0.945. The van der Waals surface area contributed by atoms with Crippen molar-refractivity contribution in [3.63, 3.8) is 0 Å². The van der Waals surface area contributed by atoms with Crippen LogP contribution in [0.3, 0.4) is 0 Å². The van der Waals surface area contributed by atoms with E-state index in [1.54, 1.807) is 13.1 Å². The largest absolute Gasteiger partial charge is 0.273 e. The molecule has 2 aromatic rings. The number of hydrogen-bond acceptors (Lipinski definition) is 2. The molecule has 0 aliphatic carbocycles. The van der Waals surface area contributed by atoms with Gasteiger partial charge in [-0.05, 0) is 6.92 Å². The number of aryl methyl sites for hydroxylation is 1. The molecule has 0 saturated heterocycles. The molecule has 0 radical (unpaired) electrons. The Bertz CT molecular complexity index is 393. The van der Waals surface area contributed by atoms with Gasteiger partial charge in [-0.15, -0.1) is 0 Å². The van der Waals surface area contributed by atoms with Gasteiger partial charge < -0.3 is 0 Å². The summed E-state index contributed by atoms with van der Waals surface area (Å²) in [7, 11) is 0. The maximum atomic E-state index is 13.0. The van der Waals surface area contributed by atoms with Crippen molar-refractivity contribution in [1.29, 1.82) is 0 Å². The van der Waals surface area contributed by atoms with Crippen molar-refractivity contribution in [3.05, 3.63) is 30.2 Å². The van der Waals surface area contributed by atoms with Gasteiger partial charge in [0.25, 0.3) is 0 Å². The predicted octanol–water partition coefficient (Wildman–Crippen LogP) is 1.18. The van der Waals surface area contributed by atoms with E-state index >= 15 is 0 Å². The molecule has 0 unspecified atom stereocenters. The van der Waals surface area contributed by atoms with Gasteiger partial charge in [0.05, 0.1) is 11.9 Å². The summed E-state index contributed by atoms with van der Waals surface area (Å²) in [5, 5.41) is 0. The van der Waals surface area contributed by atoms with Crippen LogP contribution >= 0.6 is 0 Å². The Morgan fingerprint density at radius 1 is 1.55 bits per heavy atom. The summed E-state index contributed by atoms with van der Waals surface area (Å²) in [6.45, 7) is 1.63. The molecule has 2 aromatic heterocycles. The van der Waals surface area contributed by atoms with Crippen LogP contribution in [0.4, 0.5) is 4.39 Å². The number of fused-ring (bicyclic) bond motifs is 1. The van der Waals surface area contributed by atoms with Crippen molar-refractivity contribution in [2.45, 2.75) is 6.92 Å². The molecule has 4 heteroatoms. The zero-order valence-corrected chi connectivity index (χ0v) is 5.95. The van der Waals surface area contributed by atoms with Crippen LogP contribution in [0, 0.1) is 12.9 Å². The minimum atomic E-state index is -0.317. The van der Waals surface area contributed by atoms with Crippen LogP contribution in [0.5, 0.6) is 0 Å². The van der Waals surface area contributed by atoms with Gasteiger partial charge in [0.1, 0.15) is 0 Å². The van der Waals surface area contributed by atoms with E-state index in [1.807, 2.05) is 0 Å². The molecule has 0 spiro atoms. The first-order valence-corrected chi connectivity index (χ1v) is 3.23. The van der Waals surface area contributed by atoms with E-state index in [-0.39, 0.29) is 5.95 Å². The van der Waals surface area contributed by atoms with E-state index in [4.69, 9.17) is 0 Å². The van der Waals surface area contributed by atoms with Crippen LogP contribution < -0.4 is 0 Å². The van der Waals surface area contributed by atoms with Crippen molar-refractivity contribution >= 4 is 5.65 Å². The van der Waals surface area contributed by atoms with Crippen LogP contribution in [-0.2, 0) is 0 Å². The van der Waals surface area contributed by atoms with Gasteiger partial charge in [0.2, 0.25) is 5.95 Å². The number of aromatic nitrogens is 3. The second kappa shape index (κ2) is 2.02. The SMILES string of the molecule is Cc1nc2cnccn2c1F. The van der Waals surface area contributed by atoms with Crippen molar-refractivity contribution < 1.29 is 4.39 Å². The maximum Gasteiger partial charge on any atom is 0.220 e. The molecule has 0 aliphatic rings. The van der Waals surface area contributed by atoms with Crippen LogP contribution in [-0.4, -0.2) is 14.4 Å². The molecule has 0 fully saturated rings. The van der Waals surface area contributed by atoms with Gasteiger partial charge >= 0.3 is 0 Å². The lowest BCUT2D eigenvalue weighted by molar-refractivity contribution is 0.563. The summed E-state index contributed by atoms with van der Waals surface area (Å²) < 4.78 is 14.4. The second-order valence-electron chi connectivity index (χ2n) is 2.29. The third-order valence-electron chi connectivity index (χ3n) is 1.53. The Hall–Kier alpha value is -1.45. The molecule has 0 aliphatic heterocycles. The van der Waals surface area contributed by atoms with Crippen molar-refractivity contribution in [1.82, 2.24) is 14.4 Å². The van der Waals surface area contributed by atoms with Crippen molar-refractivity contribution in [2.75, 3.05) is 0 Å². The lowest BCUT2D eigenvalue weighted by Crippen LogP contribution is -1.87. The number of rotatable bonds is 0. The Labute approximate surface area is 62.5 Å². The Morgan fingerprint density at radius 3 is 3.09 bits per heavy atom. The Kier molecular flexibility index (Phi) is 1.15. The first-order valence-electron chi connectivity index (χ1n) is 3.23. The second-order valence-corrected chi connectivity index (χ2v) is 2.29. The fraction of sp³-hybridized carbons (Fsp3) is 0.143. The summed E-state index contributed by atoms with van der Waals surface area (Å²) in [4.78, 5) is 7.76. The first-order chi connectivity index (χ1) is 5.29. The number of hydrogen-bond donors (Lipinski definition) is 0. The van der Waals surface area contributed by atoms with Crippen LogP contribution in [0.2, 0.25) is 0 Å². The van der Waals surface area contributed by atoms with Crippen LogP contribution in [0.15, 0.2) is 18.6 Å². The lowest BCUT2D eigenvalue weighted by Gasteiger charge is -1.88. The first kappa shape index (κ1) is 6.27. The third kappa shape index (κ3) is 0.790. The van der Waals surface area contributed by atoms with Gasteiger partial charge in [-0.2, -0.15) is 4.39 Å². The van der Waals surface area contributed by atoms with Gasteiger partial charge in [-0.1, -0.05) is 0 Å². The minimum Gasteiger partial charge on any atom is -0.273 e. The lowest BCUT2D eigenvalue weighted by atomic mass is 10.5. The minimum absolute atomic E-state index is 0.317. The molecule has 0 saturated carbocycles. The van der Waals surface area contributed by atoms with E-state index in [2.05, 4.69) is 9.97 Å². The molecule has 56 valence electrons. The molecule has 2 rings (SSSR count). The fourth-order valence-corrected chi connectivity index (χ4v) is 0.994. The van der Waals surface area contributed by atoms with E-state index in [1.165, 1.54) is 16.8 Å². The molecule has 2 heterocycles. The smallest absolute Gasteiger partial charge is 0.220 e. The monoisotopic (exact) mass is 151 g/mol. The number of halogens is 1. The molecule has 11 heavy (non-hydrogen) atoms. The standard InChI is InChI=1S/C7H6FN3/c1-5-7(8)11-3-2-9-4-6(11)10-5/h2-4H,1H3. The van der Waals surface area contributed by atoms with Crippen molar-refractivity contribution in [3.8, 4) is 0 Å². The molecule has 0 amide bonds. The van der Waals surface area contributed by atoms with Crippen LogP contribution in [0.1, 0.15) is 5.69 Å². The molecular formula is C7H6FN3. The maximum absolute atomic E-state index is 13.0. The highest BCUT2D eigenvalue weighted by molar-refractivity contribution is 5.36. The Morgan fingerprint density at radius 2 is 2.36 bits per heavy atom. The molecule has 0 atom stereocenters. The fourth-order valence-electron chi connectivity index (χ4n) is 0.994. The normalized spacial score (nSPS) is 10.7. The third-order valence-corrected chi connectivity index (χ3v) is 1.53. The average Bonchev–Trinajstić information content (AvgIpc) is 2.30. The molecule has 0 aromatic carbocycles. The summed E-state index contributed by atoms with van der Waals surface area (Å²) in [6, 6.07) is 0. The van der Waals surface area contributed by atoms with E-state index in [0.29, 0.717) is 11.3 Å². The molecule has 3 nitrogen and oxygen atoms in total. The van der Waals surface area contributed by atoms with E-state index < -0.39 is 0 Å². The highest BCUT2D eigenvalue weighted by Crippen LogP contribution is 2.07. The van der Waals surface area contributed by atoms with Gasteiger partial charge in [0.15, 0.2) is 5.65 Å². The topological polar surface area (TPSA) is 30.2 Å². The highest BCUT2D eigenvalue weighted by Gasteiger charge is 2.05. The summed E-state index contributed by atoms with van der Waals surface area (Å²) in [5.74, 6) is -0.317. The number of nitrogens with zero attached hydrogens (tertiary/aromatic N) is 3. The van der Waals surface area contributed by atoms with Crippen LogP contribution in [0.25, 0.3) is 5.65 Å². The number of imidazole rings is 1. The Balaban J connectivity index is 2.92. The highest BCUT2D eigenvalue weighted by atomic mass is 19.1. The predicted molar refractivity (Wildman–Crippen MR) is 37.7 cm³/mol. The zero-order valence-electron chi connectivity index (χ0n) is 5.95. The van der Waals surface area contributed by atoms with Crippen molar-refractivity contribution in [2.24, 2.45) is 0 Å². The van der Waals surface area contributed by atoms with Gasteiger partial charge in [-0.25, -0.2) is 4.98 Å². The van der Waals surface area contributed by atoms with Gasteiger partial charge in [-0.3, -0.25) is 9.38 Å². The molecular weight excluding hydrogens is 145 g/mol. The van der Waals surface area contributed by atoms with E-state index in [0.717, 1.165) is 0 Å². The summed E-state index contributed by atoms with van der Waals surface area (Å²) in [6.07, 6.45) is 4.60. The average molecular weight is 151 g/mol. The molecule has 0 N–H and O–H groups in total. The summed E-state index contributed by atoms with van der Waals surface area (Å²) >= 11 is 0. The van der Waals surface area contributed by atoms with Gasteiger partial charge in [0, 0.05) is 12.4 Å². The van der Waals surface area contributed by atoms with E-state index in [9.17, 15) is 4.39 Å². The molecule has 0 bridgehead atoms.